The van der Waals surface area contributed by atoms with Gasteiger partial charge in [-0.3, -0.25) is 0 Å². The van der Waals surface area contributed by atoms with E-state index in [1.54, 1.807) is 0 Å². The van der Waals surface area contributed by atoms with Crippen LogP contribution in [0.5, 0.6) is 0 Å². The second-order valence-corrected chi connectivity index (χ2v) is 9.69. The summed E-state index contributed by atoms with van der Waals surface area (Å²) in [6, 6.07) is 11.8. The predicted molar refractivity (Wildman–Crippen MR) is 132 cm³/mol. The first-order chi connectivity index (χ1) is 14.8. The topological polar surface area (TPSA) is 80.2 Å². The molecular weight excluding hydrogens is 430 g/mol. The number of nitrogens with one attached hydrogen (secondary N) is 1. The monoisotopic (exact) mass is 459 g/mol. The predicted octanol–water partition coefficient (Wildman–Crippen LogP) is 5.47. The summed E-state index contributed by atoms with van der Waals surface area (Å²) < 4.78 is 5.89. The van der Waals surface area contributed by atoms with Crippen LogP contribution < -0.4 is 11.1 Å². The summed E-state index contributed by atoms with van der Waals surface area (Å²) in [5.41, 5.74) is 8.65. The maximum absolute atomic E-state index is 6.26. The van der Waals surface area contributed by atoms with Gasteiger partial charge in [0.2, 0.25) is 5.95 Å². The number of aromatic nitrogens is 2. The Morgan fingerprint density at radius 3 is 2.74 bits per heavy atom. The summed E-state index contributed by atoms with van der Waals surface area (Å²) in [5, 5.41) is 4.56. The van der Waals surface area contributed by atoms with Crippen LogP contribution in [0.3, 0.4) is 0 Å². The van der Waals surface area contributed by atoms with Crippen LogP contribution >= 0.6 is 23.4 Å². The number of hydrogen-bond donors (Lipinski definition) is 2. The van der Waals surface area contributed by atoms with Gasteiger partial charge in [-0.1, -0.05) is 30.7 Å². The van der Waals surface area contributed by atoms with Crippen molar-refractivity contribution < 1.29 is 4.42 Å². The summed E-state index contributed by atoms with van der Waals surface area (Å²) >= 11 is 8.14. The minimum absolute atomic E-state index is 0.244. The van der Waals surface area contributed by atoms with Crippen LogP contribution in [0.1, 0.15) is 30.4 Å². The molecule has 0 aliphatic rings. The third-order valence-electron chi connectivity index (χ3n) is 4.84. The summed E-state index contributed by atoms with van der Waals surface area (Å²) in [6.45, 7) is 5.82. The Morgan fingerprint density at radius 1 is 1.19 bits per heavy atom. The Bertz CT molecular complexity index is 1010. The van der Waals surface area contributed by atoms with Crippen LogP contribution in [0.2, 0.25) is 5.02 Å². The van der Waals surface area contributed by atoms with E-state index in [4.69, 9.17) is 21.8 Å². The first-order valence-corrected chi connectivity index (χ1v) is 11.7. The first kappa shape index (κ1) is 23.4. The summed E-state index contributed by atoms with van der Waals surface area (Å²) in [7, 11) is 4.08. The molecule has 0 radical (unpaired) electrons. The van der Waals surface area contributed by atoms with Crippen molar-refractivity contribution >= 4 is 35.1 Å². The van der Waals surface area contributed by atoms with E-state index < -0.39 is 0 Å². The fraction of sp³-hybridized carbons (Fsp3) is 0.391. The van der Waals surface area contributed by atoms with Gasteiger partial charge in [0.05, 0.1) is 18.0 Å². The van der Waals surface area contributed by atoms with Gasteiger partial charge in [0.25, 0.3) is 0 Å². The zero-order valence-corrected chi connectivity index (χ0v) is 20.1. The van der Waals surface area contributed by atoms with Crippen LogP contribution in [-0.2, 0) is 12.3 Å². The molecule has 3 aromatic rings. The lowest BCUT2D eigenvalue weighted by Crippen LogP contribution is -2.11. The number of nitrogen functional groups attached to an aromatic ring is 1. The molecule has 1 atom stereocenters. The van der Waals surface area contributed by atoms with Crippen LogP contribution in [0.15, 0.2) is 40.8 Å². The summed E-state index contributed by atoms with van der Waals surface area (Å²) in [5.74, 6) is 3.85. The molecule has 2 heterocycles. The molecule has 166 valence electrons. The number of furan rings is 1. The van der Waals surface area contributed by atoms with Crippen molar-refractivity contribution in [3.8, 4) is 11.3 Å². The van der Waals surface area contributed by atoms with Crippen LogP contribution in [0.4, 0.5) is 11.8 Å². The number of nitrogens with zero attached hydrogens (tertiary/aromatic N) is 3. The lowest BCUT2D eigenvalue weighted by molar-refractivity contribution is 0.344. The fourth-order valence-corrected chi connectivity index (χ4v) is 4.25. The molecule has 31 heavy (non-hydrogen) atoms. The van der Waals surface area contributed by atoms with Gasteiger partial charge in [-0.05, 0) is 51.2 Å². The van der Waals surface area contributed by atoms with Gasteiger partial charge in [-0.15, -0.1) is 0 Å². The van der Waals surface area contributed by atoms with Gasteiger partial charge in [0.15, 0.2) is 0 Å². The van der Waals surface area contributed by atoms with E-state index in [-0.39, 0.29) is 5.95 Å². The van der Waals surface area contributed by atoms with E-state index in [2.05, 4.69) is 39.2 Å². The highest BCUT2D eigenvalue weighted by Crippen LogP contribution is 2.29. The molecule has 0 spiro atoms. The lowest BCUT2D eigenvalue weighted by atomic mass is 10.1. The minimum atomic E-state index is 0.244. The standard InChI is InChI=1S/C23H30ClN5OS/c1-15(31-14-18-9-8-17(30-18)13-29(3)4)10-11-26-22-12-21(27-23(25)28-22)19-6-5-7-20(24)16(19)2/h5-9,12,15H,10-11,13-14H2,1-4H3,(H3,25,26,27,28). The molecular formula is C23H30ClN5OS. The highest BCUT2D eigenvalue weighted by atomic mass is 35.5. The second-order valence-electron chi connectivity index (χ2n) is 7.85. The molecule has 0 aliphatic heterocycles. The second kappa shape index (κ2) is 10.9. The number of benzene rings is 1. The van der Waals surface area contributed by atoms with E-state index in [9.17, 15) is 0 Å². The molecule has 1 aromatic carbocycles. The normalized spacial score (nSPS) is 12.3. The molecule has 2 aromatic heterocycles. The van der Waals surface area contributed by atoms with Crippen molar-refractivity contribution in [2.45, 2.75) is 37.8 Å². The number of nitrogens with two attached hydrogens (primary N) is 1. The Labute approximate surface area is 193 Å². The van der Waals surface area contributed by atoms with Gasteiger partial charge in [0, 0.05) is 28.4 Å². The molecule has 0 aliphatic carbocycles. The Kier molecular flexibility index (Phi) is 8.23. The Balaban J connectivity index is 1.51. The molecule has 0 saturated heterocycles. The van der Waals surface area contributed by atoms with Crippen molar-refractivity contribution in [3.63, 3.8) is 0 Å². The average molecular weight is 460 g/mol. The van der Waals surface area contributed by atoms with Crippen LogP contribution in [-0.4, -0.2) is 40.8 Å². The Hall–Kier alpha value is -2.22. The van der Waals surface area contributed by atoms with Crippen LogP contribution in [0.25, 0.3) is 11.3 Å². The highest BCUT2D eigenvalue weighted by Gasteiger charge is 2.11. The van der Waals surface area contributed by atoms with E-state index in [0.29, 0.717) is 10.3 Å². The van der Waals surface area contributed by atoms with Crippen molar-refractivity contribution in [3.05, 3.63) is 58.5 Å². The van der Waals surface area contributed by atoms with Gasteiger partial charge in [0.1, 0.15) is 17.3 Å². The molecule has 0 amide bonds. The maximum Gasteiger partial charge on any atom is 0.222 e. The zero-order valence-electron chi connectivity index (χ0n) is 18.5. The number of hydrogen-bond acceptors (Lipinski definition) is 7. The van der Waals surface area contributed by atoms with Crippen molar-refractivity contribution in [2.24, 2.45) is 0 Å². The van der Waals surface area contributed by atoms with Gasteiger partial charge in [-0.2, -0.15) is 16.7 Å². The molecule has 6 nitrogen and oxygen atoms in total. The average Bonchev–Trinajstić information content (AvgIpc) is 3.14. The Morgan fingerprint density at radius 2 is 1.97 bits per heavy atom. The summed E-state index contributed by atoms with van der Waals surface area (Å²) in [6.07, 6.45) is 0.991. The molecule has 0 saturated carbocycles. The third-order valence-corrected chi connectivity index (χ3v) is 6.51. The van der Waals surface area contributed by atoms with E-state index in [1.807, 2.05) is 57.0 Å². The third kappa shape index (κ3) is 6.89. The van der Waals surface area contributed by atoms with Crippen molar-refractivity contribution in [1.29, 1.82) is 0 Å². The van der Waals surface area contributed by atoms with E-state index in [0.717, 1.165) is 59.4 Å². The molecule has 0 bridgehead atoms. The fourth-order valence-electron chi connectivity index (χ4n) is 3.19. The SMILES string of the molecule is Cc1c(Cl)cccc1-c1cc(NCCC(C)SCc2ccc(CN(C)C)o2)nc(N)n1. The quantitative estimate of drug-likeness (QED) is 0.416. The smallest absolute Gasteiger partial charge is 0.222 e. The zero-order chi connectivity index (χ0) is 22.4. The lowest BCUT2D eigenvalue weighted by Gasteiger charge is -2.13. The van der Waals surface area contributed by atoms with Gasteiger partial charge < -0.3 is 20.4 Å². The number of rotatable bonds is 10. The van der Waals surface area contributed by atoms with Crippen LogP contribution in [0, 0.1) is 6.92 Å². The van der Waals surface area contributed by atoms with Crippen molar-refractivity contribution in [2.75, 3.05) is 31.7 Å². The highest BCUT2D eigenvalue weighted by molar-refractivity contribution is 7.99. The number of anilines is 2. The minimum Gasteiger partial charge on any atom is -0.464 e. The van der Waals surface area contributed by atoms with Crippen molar-refractivity contribution in [1.82, 2.24) is 14.9 Å². The molecule has 3 N–H and O–H groups in total. The van der Waals surface area contributed by atoms with E-state index in [1.165, 1.54) is 0 Å². The van der Waals surface area contributed by atoms with Gasteiger partial charge in [-0.25, -0.2) is 4.98 Å². The molecule has 0 fully saturated rings. The first-order valence-electron chi connectivity index (χ1n) is 10.3. The molecule has 1 unspecified atom stereocenters. The maximum atomic E-state index is 6.26. The largest absolute Gasteiger partial charge is 0.464 e. The molecule has 3 rings (SSSR count). The number of halogens is 1. The summed E-state index contributed by atoms with van der Waals surface area (Å²) in [4.78, 5) is 10.8. The number of thioether (sulfide) groups is 1. The van der Waals surface area contributed by atoms with E-state index >= 15 is 0 Å². The molecule has 8 heteroatoms. The van der Waals surface area contributed by atoms with Gasteiger partial charge >= 0.3 is 0 Å².